The van der Waals surface area contributed by atoms with Crippen molar-refractivity contribution in [2.24, 2.45) is 0 Å². The van der Waals surface area contributed by atoms with Gasteiger partial charge >= 0.3 is 18.2 Å². The summed E-state index contributed by atoms with van der Waals surface area (Å²) < 4.78 is 44.0. The molecule has 1 N–H and O–H groups in total. The fourth-order valence-electron chi connectivity index (χ4n) is 2.05. The predicted molar refractivity (Wildman–Crippen MR) is 73.2 cm³/mol. The summed E-state index contributed by atoms with van der Waals surface area (Å²) >= 11 is 0. The standard InChI is InChI=1S/C14H13F3N2O3/c1-22-12(20)5-3-9-2-4-11(10(8-9)14(15,16)17)19-7-6-18-13(19)21/h2-5,8H,6-7H2,1H3,(H,18,21)/b5-3+. The Hall–Kier alpha value is -2.51. The normalized spacial score (nSPS) is 15.3. The number of hydrogen-bond acceptors (Lipinski definition) is 3. The van der Waals surface area contributed by atoms with Gasteiger partial charge in [-0.05, 0) is 23.8 Å². The number of carbonyl (C=O) groups excluding carboxylic acids is 2. The Kier molecular flexibility index (Phi) is 4.39. The van der Waals surface area contributed by atoms with E-state index in [1.165, 1.54) is 25.3 Å². The molecule has 2 rings (SSSR count). The van der Waals surface area contributed by atoms with Gasteiger partial charge in [0.15, 0.2) is 0 Å². The summed E-state index contributed by atoms with van der Waals surface area (Å²) in [5, 5.41) is 2.45. The summed E-state index contributed by atoms with van der Waals surface area (Å²) in [6, 6.07) is 2.93. The van der Waals surface area contributed by atoms with Crippen molar-refractivity contribution in [3.8, 4) is 0 Å². The van der Waals surface area contributed by atoms with Crippen molar-refractivity contribution < 1.29 is 27.5 Å². The van der Waals surface area contributed by atoms with Crippen molar-refractivity contribution in [3.63, 3.8) is 0 Å². The maximum absolute atomic E-state index is 13.2. The smallest absolute Gasteiger partial charge is 0.418 e. The summed E-state index contributed by atoms with van der Waals surface area (Å²) in [5.74, 6) is -0.670. The number of nitrogens with one attached hydrogen (secondary N) is 1. The molecule has 1 heterocycles. The molecule has 1 aliphatic rings. The van der Waals surface area contributed by atoms with Crippen molar-refractivity contribution >= 4 is 23.8 Å². The summed E-state index contributed by atoms with van der Waals surface area (Å²) in [7, 11) is 1.17. The molecule has 0 saturated carbocycles. The van der Waals surface area contributed by atoms with Crippen molar-refractivity contribution in [3.05, 3.63) is 35.4 Å². The molecule has 118 valence electrons. The average Bonchev–Trinajstić information content (AvgIpc) is 2.89. The minimum absolute atomic E-state index is 0.166. The number of methoxy groups -OCH3 is 1. The van der Waals surface area contributed by atoms with Gasteiger partial charge in [0.05, 0.1) is 18.4 Å². The van der Waals surface area contributed by atoms with Crippen LogP contribution in [0.15, 0.2) is 24.3 Å². The zero-order chi connectivity index (χ0) is 16.3. The molecule has 1 aromatic carbocycles. The summed E-state index contributed by atoms with van der Waals surface area (Å²) in [5.41, 5.74) is -0.963. The molecule has 0 aliphatic carbocycles. The molecule has 1 fully saturated rings. The van der Waals surface area contributed by atoms with Gasteiger partial charge < -0.3 is 10.1 Å². The Bertz CT molecular complexity index is 626. The van der Waals surface area contributed by atoms with E-state index in [0.29, 0.717) is 6.54 Å². The van der Waals surface area contributed by atoms with Crippen LogP contribution >= 0.6 is 0 Å². The highest BCUT2D eigenvalue weighted by molar-refractivity contribution is 5.95. The highest BCUT2D eigenvalue weighted by Crippen LogP contribution is 2.38. The fourth-order valence-corrected chi connectivity index (χ4v) is 2.05. The topological polar surface area (TPSA) is 58.6 Å². The van der Waals surface area contributed by atoms with Crippen LogP contribution in [0.1, 0.15) is 11.1 Å². The second kappa shape index (κ2) is 6.08. The van der Waals surface area contributed by atoms with Crippen LogP contribution < -0.4 is 10.2 Å². The van der Waals surface area contributed by atoms with Gasteiger partial charge in [-0.3, -0.25) is 4.90 Å². The van der Waals surface area contributed by atoms with Gasteiger partial charge in [0, 0.05) is 19.2 Å². The van der Waals surface area contributed by atoms with Crippen LogP contribution in [0.4, 0.5) is 23.7 Å². The molecule has 0 radical (unpaired) electrons. The highest BCUT2D eigenvalue weighted by atomic mass is 19.4. The van der Waals surface area contributed by atoms with Crippen LogP contribution in [0.3, 0.4) is 0 Å². The first kappa shape index (κ1) is 15.9. The Morgan fingerprint density at radius 2 is 2.14 bits per heavy atom. The van der Waals surface area contributed by atoms with Crippen LogP contribution in [0.2, 0.25) is 0 Å². The number of benzene rings is 1. The molecular weight excluding hydrogens is 301 g/mol. The van der Waals surface area contributed by atoms with E-state index in [9.17, 15) is 22.8 Å². The summed E-state index contributed by atoms with van der Waals surface area (Å²) in [6.45, 7) is 0.458. The number of esters is 1. The van der Waals surface area contributed by atoms with Crippen LogP contribution in [-0.4, -0.2) is 32.2 Å². The molecule has 8 heteroatoms. The van der Waals surface area contributed by atoms with E-state index in [4.69, 9.17) is 0 Å². The molecule has 22 heavy (non-hydrogen) atoms. The molecule has 0 unspecified atom stereocenters. The maximum Gasteiger partial charge on any atom is 0.418 e. The molecule has 0 bridgehead atoms. The van der Waals surface area contributed by atoms with E-state index in [-0.39, 0.29) is 17.8 Å². The minimum atomic E-state index is -4.62. The van der Waals surface area contributed by atoms with E-state index in [0.717, 1.165) is 17.0 Å². The third-order valence-electron chi connectivity index (χ3n) is 3.09. The Balaban J connectivity index is 2.41. The summed E-state index contributed by atoms with van der Waals surface area (Å²) in [4.78, 5) is 23.6. The zero-order valence-corrected chi connectivity index (χ0v) is 11.6. The number of nitrogens with zero attached hydrogens (tertiary/aromatic N) is 1. The lowest BCUT2D eigenvalue weighted by atomic mass is 10.1. The number of carbonyl (C=O) groups is 2. The van der Waals surface area contributed by atoms with E-state index in [1.807, 2.05) is 0 Å². The van der Waals surface area contributed by atoms with Crippen molar-refractivity contribution in [2.75, 3.05) is 25.1 Å². The predicted octanol–water partition coefficient (Wildman–Crippen LogP) is 2.42. The van der Waals surface area contributed by atoms with Crippen LogP contribution in [0.5, 0.6) is 0 Å². The SMILES string of the molecule is COC(=O)/C=C/c1ccc(N2CCNC2=O)c(C(F)(F)F)c1. The van der Waals surface area contributed by atoms with Gasteiger partial charge in [0.2, 0.25) is 0 Å². The first-order valence-electron chi connectivity index (χ1n) is 6.35. The first-order chi connectivity index (χ1) is 10.3. The highest BCUT2D eigenvalue weighted by Gasteiger charge is 2.37. The third-order valence-corrected chi connectivity index (χ3v) is 3.09. The Morgan fingerprint density at radius 1 is 1.41 bits per heavy atom. The van der Waals surface area contributed by atoms with Gasteiger partial charge in [-0.25, -0.2) is 9.59 Å². The molecule has 0 aromatic heterocycles. The average molecular weight is 314 g/mol. The number of hydrogen-bond donors (Lipinski definition) is 1. The lowest BCUT2D eigenvalue weighted by Crippen LogP contribution is -2.29. The third kappa shape index (κ3) is 3.38. The Morgan fingerprint density at radius 3 is 2.68 bits per heavy atom. The number of rotatable bonds is 3. The summed E-state index contributed by atoms with van der Waals surface area (Å²) in [6.07, 6.45) is -2.38. The molecule has 0 spiro atoms. The van der Waals surface area contributed by atoms with E-state index in [1.54, 1.807) is 0 Å². The molecule has 1 aliphatic heterocycles. The monoisotopic (exact) mass is 314 g/mol. The fraction of sp³-hybridized carbons (Fsp3) is 0.286. The largest absolute Gasteiger partial charge is 0.466 e. The number of urea groups is 1. The van der Waals surface area contributed by atoms with E-state index >= 15 is 0 Å². The number of anilines is 1. The van der Waals surface area contributed by atoms with Gasteiger partial charge in [0.1, 0.15) is 0 Å². The Labute approximate surface area is 124 Å². The second-order valence-electron chi connectivity index (χ2n) is 4.51. The molecular formula is C14H13F3N2O3. The number of alkyl halides is 3. The quantitative estimate of drug-likeness (QED) is 0.688. The van der Waals surface area contributed by atoms with Gasteiger partial charge in [-0.1, -0.05) is 6.07 Å². The molecule has 1 saturated heterocycles. The van der Waals surface area contributed by atoms with Gasteiger partial charge in [-0.15, -0.1) is 0 Å². The molecule has 0 atom stereocenters. The van der Waals surface area contributed by atoms with Gasteiger partial charge in [0.25, 0.3) is 0 Å². The number of amides is 2. The zero-order valence-electron chi connectivity index (χ0n) is 11.6. The number of halogens is 3. The van der Waals surface area contributed by atoms with Gasteiger partial charge in [-0.2, -0.15) is 13.2 Å². The molecule has 5 nitrogen and oxygen atoms in total. The van der Waals surface area contributed by atoms with Crippen molar-refractivity contribution in [2.45, 2.75) is 6.18 Å². The van der Waals surface area contributed by atoms with E-state index in [2.05, 4.69) is 10.1 Å². The van der Waals surface area contributed by atoms with Crippen LogP contribution in [0.25, 0.3) is 6.08 Å². The lowest BCUT2D eigenvalue weighted by molar-refractivity contribution is -0.137. The van der Waals surface area contributed by atoms with Crippen LogP contribution in [-0.2, 0) is 15.7 Å². The molecule has 2 amide bonds. The second-order valence-corrected chi connectivity index (χ2v) is 4.51. The maximum atomic E-state index is 13.2. The number of ether oxygens (including phenoxy) is 1. The minimum Gasteiger partial charge on any atom is -0.466 e. The van der Waals surface area contributed by atoms with Crippen LogP contribution in [0, 0.1) is 0 Å². The van der Waals surface area contributed by atoms with E-state index < -0.39 is 23.7 Å². The molecule has 1 aromatic rings. The lowest BCUT2D eigenvalue weighted by Gasteiger charge is -2.20. The first-order valence-corrected chi connectivity index (χ1v) is 6.35. The van der Waals surface area contributed by atoms with Crippen molar-refractivity contribution in [1.29, 1.82) is 0 Å². The van der Waals surface area contributed by atoms with Crippen molar-refractivity contribution in [1.82, 2.24) is 5.32 Å².